The molecular weight excluding hydrogens is 352 g/mol. The molecule has 28 heavy (non-hydrogen) atoms. The van der Waals surface area contributed by atoms with E-state index in [4.69, 9.17) is 5.73 Å². The number of piperidine rings is 1. The first-order valence-electron chi connectivity index (χ1n) is 10.8. The number of carbonyl (C=O) groups is 2. The van der Waals surface area contributed by atoms with Crippen molar-refractivity contribution in [1.29, 1.82) is 0 Å². The minimum Gasteiger partial charge on any atom is -0.399 e. The van der Waals surface area contributed by atoms with Crippen LogP contribution in [-0.4, -0.2) is 36.0 Å². The zero-order valence-corrected chi connectivity index (χ0v) is 16.6. The zero-order chi connectivity index (χ0) is 19.5. The summed E-state index contributed by atoms with van der Waals surface area (Å²) in [7, 11) is 0. The monoisotopic (exact) mass is 384 g/mol. The van der Waals surface area contributed by atoms with Crippen LogP contribution in [0.5, 0.6) is 0 Å². The highest BCUT2D eigenvalue weighted by Crippen LogP contribution is 2.31. The van der Waals surface area contributed by atoms with Gasteiger partial charge >= 0.3 is 6.03 Å². The number of anilines is 1. The summed E-state index contributed by atoms with van der Waals surface area (Å²) in [4.78, 5) is 27.4. The first-order chi connectivity index (χ1) is 13.6. The largest absolute Gasteiger partial charge is 0.399 e. The van der Waals surface area contributed by atoms with Gasteiger partial charge in [-0.3, -0.25) is 4.79 Å². The van der Waals surface area contributed by atoms with E-state index in [0.29, 0.717) is 12.6 Å². The highest BCUT2D eigenvalue weighted by atomic mass is 16.2. The van der Waals surface area contributed by atoms with E-state index in [9.17, 15) is 9.59 Å². The Labute approximate surface area is 167 Å². The summed E-state index contributed by atoms with van der Waals surface area (Å²) in [6, 6.07) is 6.37. The van der Waals surface area contributed by atoms with Crippen LogP contribution in [0.2, 0.25) is 0 Å². The number of hydrogen-bond donors (Lipinski definition) is 3. The molecule has 3 amide bonds. The highest BCUT2D eigenvalue weighted by Gasteiger charge is 2.31. The number of amides is 3. The Balaban J connectivity index is 1.35. The molecule has 1 heterocycles. The quantitative estimate of drug-likeness (QED) is 0.700. The molecule has 1 saturated carbocycles. The summed E-state index contributed by atoms with van der Waals surface area (Å²) in [6.07, 6.45) is 9.32. The summed E-state index contributed by atoms with van der Waals surface area (Å²) in [5, 5.41) is 6.41. The molecule has 6 heteroatoms. The molecule has 2 fully saturated rings. The molecule has 6 nitrogen and oxygen atoms in total. The van der Waals surface area contributed by atoms with E-state index in [1.165, 1.54) is 24.0 Å². The van der Waals surface area contributed by atoms with Crippen molar-refractivity contribution in [1.82, 2.24) is 15.5 Å². The molecule has 2 atom stereocenters. The van der Waals surface area contributed by atoms with E-state index in [-0.39, 0.29) is 23.9 Å². The number of aryl methyl sites for hydroxylation is 1. The molecular formula is C22H32N4O2. The third-order valence-corrected chi connectivity index (χ3v) is 6.56. The van der Waals surface area contributed by atoms with Crippen LogP contribution in [0, 0.1) is 5.92 Å². The first-order valence-corrected chi connectivity index (χ1v) is 10.8. The summed E-state index contributed by atoms with van der Waals surface area (Å²) in [5.41, 5.74) is 9.14. The molecule has 0 bridgehead atoms. The van der Waals surface area contributed by atoms with E-state index >= 15 is 0 Å². The highest BCUT2D eigenvalue weighted by molar-refractivity contribution is 5.81. The predicted molar refractivity (Wildman–Crippen MR) is 110 cm³/mol. The second-order valence-electron chi connectivity index (χ2n) is 8.63. The number of nitrogens with one attached hydrogen (secondary N) is 2. The maximum Gasteiger partial charge on any atom is 0.317 e. The molecule has 2 aliphatic carbocycles. The molecule has 0 aromatic heterocycles. The lowest BCUT2D eigenvalue weighted by atomic mass is 9.86. The molecule has 1 aromatic carbocycles. The van der Waals surface area contributed by atoms with Crippen LogP contribution in [0.3, 0.4) is 0 Å². The van der Waals surface area contributed by atoms with E-state index in [1.54, 1.807) is 0 Å². The number of fused-ring (bicyclic) bond motifs is 1. The maximum atomic E-state index is 13.0. The average molecular weight is 385 g/mol. The Bertz CT molecular complexity index is 729. The molecule has 2 unspecified atom stereocenters. The number of carbonyl (C=O) groups excluding carboxylic acids is 2. The van der Waals surface area contributed by atoms with Gasteiger partial charge in [-0.25, -0.2) is 4.79 Å². The molecule has 3 aliphatic rings. The van der Waals surface area contributed by atoms with Gasteiger partial charge in [0.05, 0.1) is 12.0 Å². The fraction of sp³-hybridized carbons (Fsp3) is 0.636. The SMILES string of the molecule is Nc1ccc2c(c1)CCCC2NC(=O)C1CCCN(C(=O)NC2CCCC2)C1. The average Bonchev–Trinajstić information content (AvgIpc) is 3.21. The smallest absolute Gasteiger partial charge is 0.317 e. The topological polar surface area (TPSA) is 87.5 Å². The van der Waals surface area contributed by atoms with Crippen LogP contribution >= 0.6 is 0 Å². The second kappa shape index (κ2) is 8.41. The van der Waals surface area contributed by atoms with Crippen molar-refractivity contribution in [3.05, 3.63) is 29.3 Å². The van der Waals surface area contributed by atoms with Gasteiger partial charge in [-0.15, -0.1) is 0 Å². The van der Waals surface area contributed by atoms with Crippen LogP contribution in [0.25, 0.3) is 0 Å². The Morgan fingerprint density at radius 2 is 1.82 bits per heavy atom. The molecule has 4 N–H and O–H groups in total. The van der Waals surface area contributed by atoms with Crippen molar-refractivity contribution in [3.8, 4) is 0 Å². The van der Waals surface area contributed by atoms with Gasteiger partial charge in [0.25, 0.3) is 0 Å². The molecule has 0 spiro atoms. The molecule has 1 aliphatic heterocycles. The van der Waals surface area contributed by atoms with Crippen molar-refractivity contribution in [3.63, 3.8) is 0 Å². The summed E-state index contributed by atoms with van der Waals surface area (Å²) >= 11 is 0. The van der Waals surface area contributed by atoms with Crippen LogP contribution in [0.1, 0.15) is 68.5 Å². The number of benzene rings is 1. The van der Waals surface area contributed by atoms with Crippen molar-refractivity contribution < 1.29 is 9.59 Å². The molecule has 1 aromatic rings. The van der Waals surface area contributed by atoms with Gasteiger partial charge in [0.15, 0.2) is 0 Å². The summed E-state index contributed by atoms with van der Waals surface area (Å²) < 4.78 is 0. The fourth-order valence-corrected chi connectivity index (χ4v) is 4.99. The Hall–Kier alpha value is -2.24. The Kier molecular flexibility index (Phi) is 5.74. The van der Waals surface area contributed by atoms with Crippen LogP contribution in [-0.2, 0) is 11.2 Å². The number of hydrogen-bond acceptors (Lipinski definition) is 3. The van der Waals surface area contributed by atoms with Gasteiger partial charge in [0, 0.05) is 24.8 Å². The van der Waals surface area contributed by atoms with E-state index in [1.807, 2.05) is 17.0 Å². The van der Waals surface area contributed by atoms with Gasteiger partial charge in [-0.1, -0.05) is 18.9 Å². The molecule has 0 radical (unpaired) electrons. The van der Waals surface area contributed by atoms with Crippen molar-refractivity contribution in [2.75, 3.05) is 18.8 Å². The normalized spacial score (nSPS) is 25.2. The van der Waals surface area contributed by atoms with E-state index in [2.05, 4.69) is 16.7 Å². The number of nitrogens with two attached hydrogens (primary N) is 1. The third kappa shape index (κ3) is 4.26. The van der Waals surface area contributed by atoms with Gasteiger partial charge in [-0.2, -0.15) is 0 Å². The third-order valence-electron chi connectivity index (χ3n) is 6.56. The fourth-order valence-electron chi connectivity index (χ4n) is 4.99. The molecule has 152 valence electrons. The lowest BCUT2D eigenvalue weighted by molar-refractivity contribution is -0.127. The summed E-state index contributed by atoms with van der Waals surface area (Å²) in [5.74, 6) is -0.0460. The zero-order valence-electron chi connectivity index (χ0n) is 16.6. The van der Waals surface area contributed by atoms with E-state index in [0.717, 1.165) is 57.2 Å². The Morgan fingerprint density at radius 3 is 2.64 bits per heavy atom. The van der Waals surface area contributed by atoms with Crippen LogP contribution in [0.4, 0.5) is 10.5 Å². The van der Waals surface area contributed by atoms with Crippen LogP contribution in [0.15, 0.2) is 18.2 Å². The number of rotatable bonds is 3. The van der Waals surface area contributed by atoms with Gasteiger partial charge in [0.2, 0.25) is 5.91 Å². The van der Waals surface area contributed by atoms with Crippen molar-refractivity contribution >= 4 is 17.6 Å². The number of urea groups is 1. The van der Waals surface area contributed by atoms with Crippen LogP contribution < -0.4 is 16.4 Å². The first kappa shape index (κ1) is 19.1. The van der Waals surface area contributed by atoms with Gasteiger partial charge in [-0.05, 0) is 68.2 Å². The molecule has 4 rings (SSSR count). The predicted octanol–water partition coefficient (Wildman–Crippen LogP) is 3.13. The minimum atomic E-state index is -0.123. The minimum absolute atomic E-state index is 0.00267. The van der Waals surface area contributed by atoms with Crippen molar-refractivity contribution in [2.24, 2.45) is 5.92 Å². The van der Waals surface area contributed by atoms with E-state index < -0.39 is 0 Å². The lowest BCUT2D eigenvalue weighted by Crippen LogP contribution is -2.51. The van der Waals surface area contributed by atoms with Crippen molar-refractivity contribution in [2.45, 2.75) is 69.9 Å². The maximum absolute atomic E-state index is 13.0. The molecule has 1 saturated heterocycles. The number of nitrogen functional groups attached to an aromatic ring is 1. The number of likely N-dealkylation sites (tertiary alicyclic amines) is 1. The van der Waals surface area contributed by atoms with Gasteiger partial charge < -0.3 is 21.3 Å². The summed E-state index contributed by atoms with van der Waals surface area (Å²) in [6.45, 7) is 1.26. The second-order valence-corrected chi connectivity index (χ2v) is 8.63. The van der Waals surface area contributed by atoms with Gasteiger partial charge in [0.1, 0.15) is 0 Å². The lowest BCUT2D eigenvalue weighted by Gasteiger charge is -2.34. The number of nitrogens with zero attached hydrogens (tertiary/aromatic N) is 1. The Morgan fingerprint density at radius 1 is 1.00 bits per heavy atom. The standard InChI is InChI=1S/C22H32N4O2/c23-17-10-11-19-15(13-17)5-3-9-20(19)25-21(27)16-6-4-12-26(14-16)22(28)24-18-7-1-2-8-18/h10-11,13,16,18,20H,1-9,12,14,23H2,(H,24,28)(H,25,27).